The molecule has 4 heterocycles. The van der Waals surface area contributed by atoms with E-state index < -0.39 is 35.1 Å². The Morgan fingerprint density at radius 1 is 1.08 bits per heavy atom. The molecule has 9 rings (SSSR count). The molecule has 0 fully saturated rings. The van der Waals surface area contributed by atoms with Gasteiger partial charge in [-0.3, -0.25) is 4.79 Å². The molecule has 2 aromatic heterocycles. The van der Waals surface area contributed by atoms with Gasteiger partial charge < -0.3 is 24.4 Å². The summed E-state index contributed by atoms with van der Waals surface area (Å²) in [5.74, 6) is -1.69. The van der Waals surface area contributed by atoms with Gasteiger partial charge in [-0.15, -0.1) is 0 Å². The number of carbonyl (C=O) groups excluding carboxylic acids is 1. The van der Waals surface area contributed by atoms with E-state index in [2.05, 4.69) is 12.1 Å². The molecule has 49 heavy (non-hydrogen) atoms. The summed E-state index contributed by atoms with van der Waals surface area (Å²) in [6.45, 7) is 1.59. The number of amides is 1. The molecule has 246 valence electrons. The third-order valence-electron chi connectivity index (χ3n) is 11.0. The fourth-order valence-corrected chi connectivity index (χ4v) is 8.88. The van der Waals surface area contributed by atoms with Crippen LogP contribution in [0.25, 0.3) is 33.4 Å². The van der Waals surface area contributed by atoms with Crippen LogP contribution in [0.5, 0.6) is 0 Å². The Hall–Kier alpha value is -5.06. The summed E-state index contributed by atoms with van der Waals surface area (Å²) in [7, 11) is 0. The molecular weight excluding hydrogens is 649 g/mol. The van der Waals surface area contributed by atoms with Gasteiger partial charge in [-0.05, 0) is 58.7 Å². The lowest BCUT2D eigenvalue weighted by atomic mass is 9.82. The molecule has 5 aromatic rings. The van der Waals surface area contributed by atoms with Gasteiger partial charge in [0.05, 0.1) is 40.1 Å². The maximum Gasteiger partial charge on any atom is 0.407 e. The molecule has 2 aliphatic heterocycles. The molecule has 1 unspecified atom stereocenters. The highest BCUT2D eigenvalue weighted by Crippen LogP contribution is 2.50. The minimum atomic E-state index is -2.01. The van der Waals surface area contributed by atoms with E-state index in [9.17, 15) is 24.6 Å². The number of esters is 1. The molecule has 11 heteroatoms. The fourth-order valence-electron chi connectivity index (χ4n) is 8.63. The van der Waals surface area contributed by atoms with E-state index in [1.54, 1.807) is 13.0 Å². The van der Waals surface area contributed by atoms with Crippen LogP contribution in [0.3, 0.4) is 0 Å². The summed E-state index contributed by atoms with van der Waals surface area (Å²) in [6, 6.07) is 18.3. The zero-order chi connectivity index (χ0) is 33.9. The number of benzene rings is 3. The molecule has 0 spiro atoms. The predicted octanol–water partition coefficient (Wildman–Crippen LogP) is 6.65. The molecule has 2 aliphatic carbocycles. The van der Waals surface area contributed by atoms with Crippen LogP contribution in [-0.4, -0.2) is 43.3 Å². The molecule has 0 saturated carbocycles. The van der Waals surface area contributed by atoms with Crippen molar-refractivity contribution in [2.45, 2.75) is 56.9 Å². The molecule has 3 aromatic carbocycles. The minimum Gasteiger partial charge on any atom is -0.465 e. The van der Waals surface area contributed by atoms with Crippen molar-refractivity contribution in [3.63, 3.8) is 0 Å². The smallest absolute Gasteiger partial charge is 0.407 e. The van der Waals surface area contributed by atoms with Crippen LogP contribution in [0.2, 0.25) is 5.02 Å². The number of halogens is 2. The molecule has 4 aliphatic rings. The minimum absolute atomic E-state index is 0.0128. The van der Waals surface area contributed by atoms with E-state index >= 15 is 4.39 Å². The Kier molecular flexibility index (Phi) is 6.42. The third-order valence-corrected chi connectivity index (χ3v) is 11.4. The molecule has 2 atom stereocenters. The van der Waals surface area contributed by atoms with Crippen molar-refractivity contribution < 1.29 is 28.9 Å². The van der Waals surface area contributed by atoms with E-state index in [0.29, 0.717) is 51.8 Å². The molecule has 2 N–H and O–H groups in total. The topological polar surface area (TPSA) is 122 Å². The number of fused-ring (bicyclic) bond motifs is 8. The van der Waals surface area contributed by atoms with Gasteiger partial charge in [0.1, 0.15) is 12.4 Å². The van der Waals surface area contributed by atoms with Crippen molar-refractivity contribution >= 4 is 34.6 Å². The fraction of sp³-hybridized carbons (Fsp3) is 0.263. The Balaban J connectivity index is 1.25. The second kappa shape index (κ2) is 10.5. The molecule has 1 amide bonds. The zero-order valence-corrected chi connectivity index (χ0v) is 27.1. The van der Waals surface area contributed by atoms with Gasteiger partial charge in [-0.25, -0.2) is 19.0 Å². The van der Waals surface area contributed by atoms with E-state index in [1.807, 2.05) is 36.4 Å². The summed E-state index contributed by atoms with van der Waals surface area (Å²) in [5.41, 5.74) is 4.99. The number of rotatable bonds is 4. The lowest BCUT2D eigenvalue weighted by molar-refractivity contribution is -0.172. The lowest BCUT2D eigenvalue weighted by Gasteiger charge is -2.37. The molecule has 9 nitrogen and oxygen atoms in total. The number of carboxylic acid groups (broad SMARTS) is 1. The lowest BCUT2D eigenvalue weighted by Crippen LogP contribution is -2.44. The Morgan fingerprint density at radius 2 is 1.78 bits per heavy atom. The molecular formula is C38H29ClFN3O6. The third kappa shape index (κ3) is 4.01. The van der Waals surface area contributed by atoms with Gasteiger partial charge in [0.2, 0.25) is 0 Å². The number of ether oxygens (including phenoxy) is 1. The second-order valence-electron chi connectivity index (χ2n) is 13.2. The number of carbonyl (C=O) groups is 2. The number of hydrogen-bond donors (Lipinski definition) is 2. The maximum absolute atomic E-state index is 15.3. The monoisotopic (exact) mass is 677 g/mol. The Labute approximate surface area is 284 Å². The average molecular weight is 678 g/mol. The normalized spacial score (nSPS) is 19.9. The zero-order valence-electron chi connectivity index (χ0n) is 26.3. The van der Waals surface area contributed by atoms with Gasteiger partial charge in [0.25, 0.3) is 5.56 Å². The molecule has 0 radical (unpaired) electrons. The van der Waals surface area contributed by atoms with Crippen LogP contribution in [0, 0.1) is 5.82 Å². The standard InChI is InChI=1S/C38H29ClFN3O6/c1-2-38(48)26-13-30-34-24(16-42(30)35(44)25(26)17-49-36(38)45)32-29(12-11-22-31(32)28(41-34)14-27(40)33(22)39)43(37(46)47)15-23-20-9-5-3-7-18(20)19-8-4-6-10-21(19)23/h3-10,13-14,23,29,48H,2,11-12,15-17H2,1H3,(H,46,47)/t29?,38-/m0/s1. The average Bonchev–Trinajstić information content (AvgIpc) is 3.63. The summed E-state index contributed by atoms with van der Waals surface area (Å²) >= 11 is 6.57. The number of cyclic esters (lactones) is 1. The Bertz CT molecular complexity index is 2350. The second-order valence-corrected chi connectivity index (χ2v) is 13.6. The van der Waals surface area contributed by atoms with Crippen molar-refractivity contribution in [2.75, 3.05) is 6.54 Å². The number of pyridine rings is 2. The van der Waals surface area contributed by atoms with E-state index in [1.165, 1.54) is 15.5 Å². The summed E-state index contributed by atoms with van der Waals surface area (Å²) in [6.07, 6.45) is -0.448. The van der Waals surface area contributed by atoms with Crippen molar-refractivity contribution in [1.29, 1.82) is 0 Å². The number of hydrogen-bond acceptors (Lipinski definition) is 6. The first-order valence-electron chi connectivity index (χ1n) is 16.3. The Morgan fingerprint density at radius 3 is 2.45 bits per heavy atom. The highest BCUT2D eigenvalue weighted by atomic mass is 35.5. The molecule has 0 bridgehead atoms. The van der Waals surface area contributed by atoms with Crippen molar-refractivity contribution in [1.82, 2.24) is 14.5 Å². The van der Waals surface area contributed by atoms with Crippen LogP contribution in [-0.2, 0) is 34.7 Å². The number of nitrogens with zero attached hydrogens (tertiary/aromatic N) is 3. The van der Waals surface area contributed by atoms with Crippen LogP contribution in [0.15, 0.2) is 65.5 Å². The van der Waals surface area contributed by atoms with Crippen molar-refractivity contribution in [3.8, 4) is 22.5 Å². The quantitative estimate of drug-likeness (QED) is 0.200. The summed E-state index contributed by atoms with van der Waals surface area (Å²) in [5, 5.41) is 22.8. The van der Waals surface area contributed by atoms with E-state index in [4.69, 9.17) is 21.3 Å². The van der Waals surface area contributed by atoms with Gasteiger partial charge in [0, 0.05) is 35.0 Å². The van der Waals surface area contributed by atoms with Crippen molar-refractivity contribution in [3.05, 3.63) is 121 Å². The van der Waals surface area contributed by atoms with Crippen LogP contribution < -0.4 is 5.56 Å². The van der Waals surface area contributed by atoms with Crippen LogP contribution in [0.1, 0.15) is 70.7 Å². The van der Waals surface area contributed by atoms with Crippen LogP contribution in [0.4, 0.5) is 9.18 Å². The van der Waals surface area contributed by atoms with E-state index in [0.717, 1.165) is 22.3 Å². The maximum atomic E-state index is 15.3. The largest absolute Gasteiger partial charge is 0.465 e. The van der Waals surface area contributed by atoms with Crippen LogP contribution >= 0.6 is 11.6 Å². The van der Waals surface area contributed by atoms with Gasteiger partial charge in [-0.2, -0.15) is 0 Å². The number of aliphatic hydroxyl groups is 1. The van der Waals surface area contributed by atoms with Gasteiger partial charge in [0.15, 0.2) is 5.60 Å². The number of aryl methyl sites for hydroxylation is 1. The molecule has 0 saturated heterocycles. The summed E-state index contributed by atoms with van der Waals surface area (Å²) < 4.78 is 22.0. The number of aromatic nitrogens is 2. The first kappa shape index (κ1) is 30.0. The van der Waals surface area contributed by atoms with E-state index in [-0.39, 0.29) is 48.2 Å². The first-order valence-corrected chi connectivity index (χ1v) is 16.7. The predicted molar refractivity (Wildman–Crippen MR) is 179 cm³/mol. The highest BCUT2D eigenvalue weighted by Gasteiger charge is 2.46. The van der Waals surface area contributed by atoms with Gasteiger partial charge >= 0.3 is 12.1 Å². The van der Waals surface area contributed by atoms with Crippen molar-refractivity contribution in [2.24, 2.45) is 0 Å². The first-order chi connectivity index (χ1) is 23.6. The highest BCUT2D eigenvalue weighted by molar-refractivity contribution is 6.32. The SMILES string of the molecule is CC[C@@]1(O)C(=O)OCc2c1cc1n(c2=O)Cc2c-1nc1cc(F)c(Cl)c3c1c2C(N(CC1c2ccccc2-c2ccccc21)C(=O)O)CC3. The summed E-state index contributed by atoms with van der Waals surface area (Å²) in [4.78, 5) is 46.4. The van der Waals surface area contributed by atoms with Gasteiger partial charge in [-0.1, -0.05) is 67.1 Å².